The quantitative estimate of drug-likeness (QED) is 0.591. The van der Waals surface area contributed by atoms with Gasteiger partial charge in [-0.3, -0.25) is 0 Å². The number of rotatable bonds is 4. The lowest BCUT2D eigenvalue weighted by Gasteiger charge is -2.03. The molecule has 3 rings (SSSR count). The third-order valence-electron chi connectivity index (χ3n) is 2.84. The Hall–Kier alpha value is -2.25. The highest BCUT2D eigenvalue weighted by Crippen LogP contribution is 2.23. The molecule has 7 heteroatoms. The van der Waals surface area contributed by atoms with Gasteiger partial charge in [0.05, 0.1) is 18.2 Å². The molecule has 5 nitrogen and oxygen atoms in total. The van der Waals surface area contributed by atoms with Crippen LogP contribution in [0.2, 0.25) is 0 Å². The highest BCUT2D eigenvalue weighted by Gasteiger charge is 2.08. The normalized spacial score (nSPS) is 11.1. The zero-order chi connectivity index (χ0) is 14.7. The van der Waals surface area contributed by atoms with Crippen LogP contribution < -0.4 is 4.74 Å². The predicted octanol–water partition coefficient (Wildman–Crippen LogP) is 3.56. The molecule has 0 saturated carbocycles. The topological polar surface area (TPSA) is 55.2 Å². The van der Waals surface area contributed by atoms with Gasteiger partial charge in [-0.1, -0.05) is 18.2 Å². The highest BCUT2D eigenvalue weighted by atomic mass is 32.1. The molecule has 0 bridgehead atoms. The van der Waals surface area contributed by atoms with Crippen molar-refractivity contribution in [2.75, 3.05) is 7.11 Å². The van der Waals surface area contributed by atoms with E-state index in [0.717, 1.165) is 16.2 Å². The number of hydrogen-bond donors (Lipinski definition) is 1. The lowest BCUT2D eigenvalue weighted by molar-refractivity contribution is 0.414. The number of ether oxygens (including phenoxy) is 1. The van der Waals surface area contributed by atoms with Crippen LogP contribution in [0.15, 0.2) is 46.9 Å². The van der Waals surface area contributed by atoms with E-state index in [1.165, 1.54) is 0 Å². The van der Waals surface area contributed by atoms with Gasteiger partial charge in [0.15, 0.2) is 5.82 Å². The Bertz CT molecular complexity index is 818. The third kappa shape index (κ3) is 2.79. The van der Waals surface area contributed by atoms with Crippen molar-refractivity contribution in [3.63, 3.8) is 0 Å². The summed E-state index contributed by atoms with van der Waals surface area (Å²) in [6, 6.07) is 11.6. The second-order valence-corrected chi connectivity index (χ2v) is 5.46. The van der Waals surface area contributed by atoms with Crippen LogP contribution in [0.3, 0.4) is 0 Å². The zero-order valence-corrected chi connectivity index (χ0v) is 12.8. The first-order valence-corrected chi connectivity index (χ1v) is 7.47. The number of nitrogens with one attached hydrogen (secondary N) is 1. The summed E-state index contributed by atoms with van der Waals surface area (Å²) in [7, 11) is 1.63. The summed E-state index contributed by atoms with van der Waals surface area (Å²) in [5.41, 5.74) is 0.875. The number of para-hydroxylation sites is 1. The molecular formula is C14H12N4OS2. The Labute approximate surface area is 130 Å². The maximum Gasteiger partial charge on any atom is 0.216 e. The number of H-pyrrole nitrogens is 1. The number of nitrogens with zero attached hydrogens (tertiary/aromatic N) is 3. The van der Waals surface area contributed by atoms with Crippen molar-refractivity contribution in [3.8, 4) is 16.5 Å². The first-order valence-electron chi connectivity index (χ1n) is 6.18. The van der Waals surface area contributed by atoms with E-state index in [1.54, 1.807) is 29.3 Å². The third-order valence-corrected chi connectivity index (χ3v) is 3.97. The minimum absolute atomic E-state index is 0.449. The average molecular weight is 316 g/mol. The maximum atomic E-state index is 5.30. The Morgan fingerprint density at radius 3 is 2.95 bits per heavy atom. The number of methoxy groups -OCH3 is 1. The SMILES string of the molecule is COc1ccccc1/C=N/n1c(-c2cccs2)n[nH]c1=S. The first-order chi connectivity index (χ1) is 10.3. The van der Waals surface area contributed by atoms with E-state index in [2.05, 4.69) is 15.3 Å². The van der Waals surface area contributed by atoms with E-state index in [1.807, 2.05) is 41.8 Å². The number of thiophene rings is 1. The molecule has 21 heavy (non-hydrogen) atoms. The molecule has 1 N–H and O–H groups in total. The molecule has 3 aromatic rings. The second kappa shape index (κ2) is 6.02. The lowest BCUT2D eigenvalue weighted by Crippen LogP contribution is -1.95. The van der Waals surface area contributed by atoms with E-state index in [9.17, 15) is 0 Å². The van der Waals surface area contributed by atoms with Crippen LogP contribution in [0.1, 0.15) is 5.56 Å². The van der Waals surface area contributed by atoms with Crippen molar-refractivity contribution in [2.45, 2.75) is 0 Å². The fourth-order valence-electron chi connectivity index (χ4n) is 1.86. The molecular weight excluding hydrogens is 304 g/mol. The van der Waals surface area contributed by atoms with Crippen molar-refractivity contribution >= 4 is 29.8 Å². The summed E-state index contributed by atoms with van der Waals surface area (Å²) in [5, 5.41) is 13.4. The summed E-state index contributed by atoms with van der Waals surface area (Å²) >= 11 is 6.81. The van der Waals surface area contributed by atoms with Gasteiger partial charge in [-0.25, -0.2) is 5.10 Å². The molecule has 0 unspecified atom stereocenters. The van der Waals surface area contributed by atoms with Crippen LogP contribution in [0.4, 0.5) is 0 Å². The van der Waals surface area contributed by atoms with Crippen molar-refractivity contribution < 1.29 is 4.74 Å². The van der Waals surface area contributed by atoms with Gasteiger partial charge < -0.3 is 4.74 Å². The summed E-state index contributed by atoms with van der Waals surface area (Å²) in [6.07, 6.45) is 1.71. The van der Waals surface area contributed by atoms with Gasteiger partial charge in [0, 0.05) is 5.56 Å². The minimum atomic E-state index is 0.449. The van der Waals surface area contributed by atoms with Crippen LogP contribution >= 0.6 is 23.6 Å². The molecule has 0 fully saturated rings. The van der Waals surface area contributed by atoms with E-state index in [0.29, 0.717) is 10.6 Å². The molecule has 2 aromatic heterocycles. The summed E-state index contributed by atoms with van der Waals surface area (Å²) < 4.78 is 7.35. The fraction of sp³-hybridized carbons (Fsp3) is 0.0714. The Balaban J connectivity index is 2.01. The molecule has 2 heterocycles. The second-order valence-electron chi connectivity index (χ2n) is 4.13. The number of aromatic amines is 1. The first kappa shape index (κ1) is 13.7. The molecule has 0 radical (unpaired) electrons. The van der Waals surface area contributed by atoms with Crippen LogP contribution in [-0.4, -0.2) is 28.2 Å². The maximum absolute atomic E-state index is 5.30. The molecule has 0 amide bonds. The lowest BCUT2D eigenvalue weighted by atomic mass is 10.2. The fourth-order valence-corrected chi connectivity index (χ4v) is 2.73. The van der Waals surface area contributed by atoms with Gasteiger partial charge in [0.2, 0.25) is 4.77 Å². The van der Waals surface area contributed by atoms with Gasteiger partial charge in [-0.2, -0.15) is 14.9 Å². The van der Waals surface area contributed by atoms with Gasteiger partial charge in [0.1, 0.15) is 5.75 Å². The van der Waals surface area contributed by atoms with Crippen LogP contribution in [0.5, 0.6) is 5.75 Å². The smallest absolute Gasteiger partial charge is 0.216 e. The number of hydrogen-bond acceptors (Lipinski definition) is 5. The molecule has 106 valence electrons. The zero-order valence-electron chi connectivity index (χ0n) is 11.2. The molecule has 1 aromatic carbocycles. The number of benzene rings is 1. The summed E-state index contributed by atoms with van der Waals surface area (Å²) in [4.78, 5) is 1.000. The van der Waals surface area contributed by atoms with Crippen molar-refractivity contribution in [1.82, 2.24) is 14.9 Å². The van der Waals surface area contributed by atoms with Crippen molar-refractivity contribution in [1.29, 1.82) is 0 Å². The van der Waals surface area contributed by atoms with Gasteiger partial charge in [0.25, 0.3) is 0 Å². The minimum Gasteiger partial charge on any atom is -0.496 e. The van der Waals surface area contributed by atoms with E-state index in [4.69, 9.17) is 17.0 Å². The molecule has 0 atom stereocenters. The monoisotopic (exact) mass is 316 g/mol. The molecule has 0 spiro atoms. The van der Waals surface area contributed by atoms with Crippen molar-refractivity contribution in [3.05, 3.63) is 52.1 Å². The van der Waals surface area contributed by atoms with Crippen LogP contribution in [-0.2, 0) is 0 Å². The van der Waals surface area contributed by atoms with E-state index >= 15 is 0 Å². The molecule has 0 aliphatic heterocycles. The Morgan fingerprint density at radius 2 is 2.19 bits per heavy atom. The Morgan fingerprint density at radius 1 is 1.33 bits per heavy atom. The van der Waals surface area contributed by atoms with E-state index < -0.39 is 0 Å². The molecule has 0 saturated heterocycles. The predicted molar refractivity (Wildman–Crippen MR) is 86.7 cm³/mol. The van der Waals surface area contributed by atoms with E-state index in [-0.39, 0.29) is 0 Å². The summed E-state index contributed by atoms with van der Waals surface area (Å²) in [6.45, 7) is 0. The number of aromatic nitrogens is 3. The highest BCUT2D eigenvalue weighted by molar-refractivity contribution is 7.71. The van der Waals surface area contributed by atoms with Gasteiger partial charge in [-0.15, -0.1) is 11.3 Å². The molecule has 0 aliphatic carbocycles. The van der Waals surface area contributed by atoms with Crippen LogP contribution in [0, 0.1) is 4.77 Å². The van der Waals surface area contributed by atoms with Crippen LogP contribution in [0.25, 0.3) is 10.7 Å². The Kier molecular flexibility index (Phi) is 3.94. The van der Waals surface area contributed by atoms with Gasteiger partial charge >= 0.3 is 0 Å². The van der Waals surface area contributed by atoms with Gasteiger partial charge in [-0.05, 0) is 35.8 Å². The average Bonchev–Trinajstić information content (AvgIpc) is 3.15. The molecule has 0 aliphatic rings. The standard InChI is InChI=1S/C14H12N4OS2/c1-19-11-6-3-2-5-10(11)9-15-18-13(16-17-14(18)20)12-7-4-8-21-12/h2-9H,1H3,(H,17,20)/b15-9+. The largest absolute Gasteiger partial charge is 0.496 e. The van der Waals surface area contributed by atoms with Crippen molar-refractivity contribution in [2.24, 2.45) is 5.10 Å². The summed E-state index contributed by atoms with van der Waals surface area (Å²) in [5.74, 6) is 1.45.